The molecule has 1 atom stereocenters. The molecular weight excluding hydrogens is 320 g/mol. The van der Waals surface area contributed by atoms with Gasteiger partial charge in [0.2, 0.25) is 0 Å². The molecule has 0 saturated carbocycles. The van der Waals surface area contributed by atoms with Crippen molar-refractivity contribution in [1.29, 1.82) is 0 Å². The molecule has 2 fully saturated rings. The predicted molar refractivity (Wildman–Crippen MR) is 91.5 cm³/mol. The number of carbonyl (C=O) groups excluding carboxylic acids is 1. The number of nitrogens with one attached hydrogen (secondary N) is 1. The highest BCUT2D eigenvalue weighted by molar-refractivity contribution is 5.92. The van der Waals surface area contributed by atoms with Gasteiger partial charge in [-0.1, -0.05) is 0 Å². The normalized spacial score (nSPS) is 21.4. The first kappa shape index (κ1) is 16.0. The van der Waals surface area contributed by atoms with Crippen molar-refractivity contribution in [1.82, 2.24) is 25.1 Å². The largest absolute Gasteiger partial charge is 0.378 e. The van der Waals surface area contributed by atoms with Gasteiger partial charge < -0.3 is 14.5 Å². The fourth-order valence-corrected chi connectivity index (χ4v) is 3.48. The van der Waals surface area contributed by atoms with Crippen LogP contribution in [0.2, 0.25) is 0 Å². The van der Waals surface area contributed by atoms with E-state index in [1.807, 2.05) is 6.07 Å². The molecule has 1 amide bonds. The van der Waals surface area contributed by atoms with Gasteiger partial charge in [0.05, 0.1) is 19.4 Å². The summed E-state index contributed by atoms with van der Waals surface area (Å²) in [5.41, 5.74) is 1.51. The lowest BCUT2D eigenvalue weighted by Gasteiger charge is -2.32. The molecule has 0 aliphatic carbocycles. The average molecular weight is 342 g/mol. The minimum atomic E-state index is -0.0209. The number of piperidine rings is 1. The molecule has 4 rings (SSSR count). The Kier molecular flexibility index (Phi) is 4.60. The Morgan fingerprint density at radius 3 is 2.92 bits per heavy atom. The van der Waals surface area contributed by atoms with E-state index in [-0.39, 0.29) is 5.91 Å². The first-order valence-corrected chi connectivity index (χ1v) is 8.74. The summed E-state index contributed by atoms with van der Waals surface area (Å²) in [5, 5.41) is 7.34. The van der Waals surface area contributed by atoms with Crippen LogP contribution in [0.4, 0.5) is 5.82 Å². The molecule has 0 bridgehead atoms. The Bertz CT molecular complexity index is 713. The van der Waals surface area contributed by atoms with Crippen LogP contribution >= 0.6 is 0 Å². The molecular formula is C17H22N6O2. The summed E-state index contributed by atoms with van der Waals surface area (Å²) < 4.78 is 5.30. The molecule has 2 aromatic rings. The predicted octanol–water partition coefficient (Wildman–Crippen LogP) is 1.06. The first-order chi connectivity index (χ1) is 12.3. The van der Waals surface area contributed by atoms with E-state index in [9.17, 15) is 4.79 Å². The van der Waals surface area contributed by atoms with Crippen molar-refractivity contribution >= 4 is 11.7 Å². The van der Waals surface area contributed by atoms with Gasteiger partial charge in [0, 0.05) is 50.2 Å². The third-order valence-corrected chi connectivity index (χ3v) is 4.85. The zero-order valence-electron chi connectivity index (χ0n) is 14.1. The van der Waals surface area contributed by atoms with Crippen LogP contribution in [0.1, 0.15) is 34.9 Å². The minimum Gasteiger partial charge on any atom is -0.378 e. The molecule has 0 aromatic carbocycles. The number of hydrogen-bond acceptors (Lipinski definition) is 6. The molecule has 25 heavy (non-hydrogen) atoms. The quantitative estimate of drug-likeness (QED) is 0.897. The van der Waals surface area contributed by atoms with E-state index in [2.05, 4.69) is 25.1 Å². The molecule has 4 heterocycles. The van der Waals surface area contributed by atoms with Crippen LogP contribution in [-0.4, -0.2) is 70.4 Å². The van der Waals surface area contributed by atoms with Gasteiger partial charge in [-0.25, -0.2) is 4.98 Å². The highest BCUT2D eigenvalue weighted by atomic mass is 16.5. The standard InChI is InChI=1S/C17H22N6O2/c24-17(22-6-8-25-9-7-22)15-10-14(20-21-15)13-2-1-5-23(12-13)16-11-18-3-4-19-16/h3-4,10-11,13H,1-2,5-9,12H2,(H,20,21)/t13-/m1/s1. The van der Waals surface area contributed by atoms with E-state index in [1.165, 1.54) is 0 Å². The van der Waals surface area contributed by atoms with Gasteiger partial charge in [0.25, 0.3) is 5.91 Å². The SMILES string of the molecule is O=C(c1cc([C@@H]2CCCN(c3cnccn3)C2)[nH]n1)N1CCOCC1. The number of hydrogen-bond donors (Lipinski definition) is 1. The number of aromatic nitrogens is 4. The fraction of sp³-hybridized carbons (Fsp3) is 0.529. The number of anilines is 1. The molecule has 0 unspecified atom stereocenters. The lowest BCUT2D eigenvalue weighted by molar-refractivity contribution is 0.0299. The zero-order chi connectivity index (χ0) is 17.1. The van der Waals surface area contributed by atoms with E-state index in [1.54, 1.807) is 23.5 Å². The van der Waals surface area contributed by atoms with Crippen molar-refractivity contribution in [3.05, 3.63) is 36.0 Å². The molecule has 2 aromatic heterocycles. The van der Waals surface area contributed by atoms with Crippen molar-refractivity contribution in [2.75, 3.05) is 44.3 Å². The molecule has 132 valence electrons. The van der Waals surface area contributed by atoms with E-state index in [0.29, 0.717) is 37.9 Å². The number of amides is 1. The van der Waals surface area contributed by atoms with Crippen molar-refractivity contribution in [2.24, 2.45) is 0 Å². The average Bonchev–Trinajstić information content (AvgIpc) is 3.19. The van der Waals surface area contributed by atoms with Gasteiger partial charge in [-0.05, 0) is 18.9 Å². The number of ether oxygens (including phenoxy) is 1. The highest BCUT2D eigenvalue weighted by Gasteiger charge is 2.26. The summed E-state index contributed by atoms with van der Waals surface area (Å²) in [6.07, 6.45) is 7.34. The second kappa shape index (κ2) is 7.18. The number of nitrogens with zero attached hydrogens (tertiary/aromatic N) is 5. The molecule has 2 aliphatic heterocycles. The van der Waals surface area contributed by atoms with Crippen LogP contribution in [-0.2, 0) is 4.74 Å². The Hall–Kier alpha value is -2.48. The van der Waals surface area contributed by atoms with E-state index in [0.717, 1.165) is 37.4 Å². The Balaban J connectivity index is 1.45. The maximum absolute atomic E-state index is 12.5. The van der Waals surface area contributed by atoms with Crippen LogP contribution in [0.5, 0.6) is 0 Å². The number of rotatable bonds is 3. The van der Waals surface area contributed by atoms with E-state index in [4.69, 9.17) is 4.74 Å². The van der Waals surface area contributed by atoms with Crippen molar-refractivity contribution in [3.63, 3.8) is 0 Å². The third-order valence-electron chi connectivity index (χ3n) is 4.85. The van der Waals surface area contributed by atoms with Crippen LogP contribution in [0, 0.1) is 0 Å². The molecule has 1 N–H and O–H groups in total. The molecule has 2 saturated heterocycles. The Morgan fingerprint density at radius 1 is 1.24 bits per heavy atom. The van der Waals surface area contributed by atoms with Gasteiger partial charge >= 0.3 is 0 Å². The van der Waals surface area contributed by atoms with Crippen LogP contribution in [0.25, 0.3) is 0 Å². The lowest BCUT2D eigenvalue weighted by atomic mass is 9.94. The number of morpholine rings is 1. The van der Waals surface area contributed by atoms with Gasteiger partial charge in [-0.3, -0.25) is 14.9 Å². The Morgan fingerprint density at radius 2 is 2.12 bits per heavy atom. The summed E-state index contributed by atoms with van der Waals surface area (Å²) >= 11 is 0. The third kappa shape index (κ3) is 3.48. The number of carbonyl (C=O) groups is 1. The van der Waals surface area contributed by atoms with Crippen LogP contribution in [0.3, 0.4) is 0 Å². The monoisotopic (exact) mass is 342 g/mol. The fourth-order valence-electron chi connectivity index (χ4n) is 3.48. The summed E-state index contributed by atoms with van der Waals surface area (Å²) in [6.45, 7) is 4.28. The molecule has 2 aliphatic rings. The zero-order valence-corrected chi connectivity index (χ0v) is 14.1. The molecule has 8 nitrogen and oxygen atoms in total. The molecule has 0 radical (unpaired) electrons. The van der Waals surface area contributed by atoms with Crippen molar-refractivity contribution in [2.45, 2.75) is 18.8 Å². The smallest absolute Gasteiger partial charge is 0.274 e. The van der Waals surface area contributed by atoms with Crippen LogP contribution < -0.4 is 4.90 Å². The minimum absolute atomic E-state index is 0.0209. The maximum Gasteiger partial charge on any atom is 0.274 e. The topological polar surface area (TPSA) is 87.2 Å². The second-order valence-corrected chi connectivity index (χ2v) is 6.46. The summed E-state index contributed by atoms with van der Waals surface area (Å²) in [5.74, 6) is 1.19. The van der Waals surface area contributed by atoms with E-state index < -0.39 is 0 Å². The van der Waals surface area contributed by atoms with Crippen molar-refractivity contribution < 1.29 is 9.53 Å². The maximum atomic E-state index is 12.5. The number of H-pyrrole nitrogens is 1. The van der Waals surface area contributed by atoms with Crippen LogP contribution in [0.15, 0.2) is 24.7 Å². The number of aromatic amines is 1. The second-order valence-electron chi connectivity index (χ2n) is 6.46. The van der Waals surface area contributed by atoms with Gasteiger partial charge in [0.15, 0.2) is 0 Å². The Labute approximate surface area is 146 Å². The van der Waals surface area contributed by atoms with E-state index >= 15 is 0 Å². The molecule has 0 spiro atoms. The van der Waals surface area contributed by atoms with Gasteiger partial charge in [-0.15, -0.1) is 0 Å². The van der Waals surface area contributed by atoms with Gasteiger partial charge in [0.1, 0.15) is 11.5 Å². The first-order valence-electron chi connectivity index (χ1n) is 8.74. The summed E-state index contributed by atoms with van der Waals surface area (Å²) in [6, 6.07) is 1.91. The van der Waals surface area contributed by atoms with Crippen molar-refractivity contribution in [3.8, 4) is 0 Å². The lowest BCUT2D eigenvalue weighted by Crippen LogP contribution is -2.40. The molecule has 8 heteroatoms. The summed E-state index contributed by atoms with van der Waals surface area (Å²) in [7, 11) is 0. The highest BCUT2D eigenvalue weighted by Crippen LogP contribution is 2.28. The van der Waals surface area contributed by atoms with Gasteiger partial charge in [-0.2, -0.15) is 5.10 Å². The summed E-state index contributed by atoms with van der Waals surface area (Å²) in [4.78, 5) is 25.1.